The molecule has 0 atom stereocenters. The maximum atomic E-state index is 12.9. The second-order valence-electron chi connectivity index (χ2n) is 6.91. The smallest absolute Gasteiger partial charge is 0.295 e. The van der Waals surface area contributed by atoms with Crippen molar-refractivity contribution in [3.05, 3.63) is 93.7 Å². The summed E-state index contributed by atoms with van der Waals surface area (Å²) >= 11 is 12.4. The fourth-order valence-electron chi connectivity index (χ4n) is 3.12. The molecule has 0 aliphatic heterocycles. The first-order chi connectivity index (χ1) is 14.4. The van der Waals surface area contributed by atoms with E-state index in [9.17, 15) is 4.79 Å². The number of hydrogen-bond acceptors (Lipinski definition) is 3. The normalized spacial score (nSPS) is 10.8. The van der Waals surface area contributed by atoms with Crippen LogP contribution in [0.15, 0.2) is 66.7 Å². The summed E-state index contributed by atoms with van der Waals surface area (Å²) in [5.74, 6) is 0.107. The summed E-state index contributed by atoms with van der Waals surface area (Å²) in [6, 6.07) is 20.5. The monoisotopic (exact) mass is 436 g/mol. The minimum Gasteiger partial charge on any atom is -0.318 e. The third kappa shape index (κ3) is 4.08. The Hall–Kier alpha value is -3.15. The van der Waals surface area contributed by atoms with E-state index in [-0.39, 0.29) is 5.82 Å². The minimum atomic E-state index is -0.444. The van der Waals surface area contributed by atoms with Gasteiger partial charge in [-0.1, -0.05) is 59.6 Å². The molecule has 0 radical (unpaired) electrons. The van der Waals surface area contributed by atoms with Gasteiger partial charge in [-0.3, -0.25) is 4.79 Å². The van der Waals surface area contributed by atoms with Crippen LogP contribution in [0.5, 0.6) is 0 Å². The Morgan fingerprint density at radius 1 is 0.967 bits per heavy atom. The molecule has 0 unspecified atom stereocenters. The van der Waals surface area contributed by atoms with Crippen LogP contribution in [0.25, 0.3) is 17.1 Å². The highest BCUT2D eigenvalue weighted by Gasteiger charge is 2.20. The van der Waals surface area contributed by atoms with E-state index in [1.165, 1.54) is 0 Å². The summed E-state index contributed by atoms with van der Waals surface area (Å²) in [6.07, 6.45) is 0. The summed E-state index contributed by atoms with van der Waals surface area (Å²) < 4.78 is 1.65. The molecule has 0 saturated heterocycles. The standard InChI is InChI=1S/C23H18Cl2N4O/c1-14-6-3-10-18(12-14)29-22(16-8-5-9-17(24)13-16)27-21(28-29)23(30)26-20-15(2)7-4-11-19(20)25/h3-13H,1-2H3,(H,26,30). The van der Waals surface area contributed by atoms with Gasteiger partial charge in [-0.25, -0.2) is 9.67 Å². The number of benzene rings is 3. The van der Waals surface area contributed by atoms with Gasteiger partial charge >= 0.3 is 0 Å². The molecule has 150 valence electrons. The first kappa shape index (κ1) is 20.1. The van der Waals surface area contributed by atoms with Crippen LogP contribution in [0.3, 0.4) is 0 Å². The first-order valence-electron chi connectivity index (χ1n) is 9.29. The molecule has 1 heterocycles. The third-order valence-electron chi connectivity index (χ3n) is 4.60. The maximum absolute atomic E-state index is 12.9. The molecule has 1 aromatic heterocycles. The zero-order chi connectivity index (χ0) is 21.3. The molecule has 3 aromatic carbocycles. The van der Waals surface area contributed by atoms with Crippen molar-refractivity contribution in [2.45, 2.75) is 13.8 Å². The van der Waals surface area contributed by atoms with Gasteiger partial charge in [0.1, 0.15) is 0 Å². The van der Waals surface area contributed by atoms with Gasteiger partial charge in [0.15, 0.2) is 5.82 Å². The zero-order valence-electron chi connectivity index (χ0n) is 16.4. The lowest BCUT2D eigenvalue weighted by molar-refractivity contribution is 0.101. The molecule has 0 fully saturated rings. The number of carbonyl (C=O) groups is 1. The number of halogens is 2. The van der Waals surface area contributed by atoms with Crippen LogP contribution >= 0.6 is 23.2 Å². The Kier molecular flexibility index (Phi) is 5.57. The van der Waals surface area contributed by atoms with Crippen molar-refractivity contribution >= 4 is 34.8 Å². The largest absolute Gasteiger partial charge is 0.318 e. The van der Waals surface area contributed by atoms with Crippen LogP contribution in [-0.2, 0) is 0 Å². The number of anilines is 1. The number of nitrogens with zero attached hydrogens (tertiary/aromatic N) is 3. The van der Waals surface area contributed by atoms with Crippen LogP contribution < -0.4 is 5.32 Å². The minimum absolute atomic E-state index is 0.0331. The Balaban J connectivity index is 1.80. The molecule has 0 aliphatic carbocycles. The predicted octanol–water partition coefficient (Wildman–Crippen LogP) is 6.11. The first-order valence-corrected chi connectivity index (χ1v) is 10.0. The number of nitrogens with one attached hydrogen (secondary N) is 1. The van der Waals surface area contributed by atoms with E-state index in [2.05, 4.69) is 15.4 Å². The zero-order valence-corrected chi connectivity index (χ0v) is 17.9. The molecule has 0 aliphatic rings. The molecule has 0 spiro atoms. The lowest BCUT2D eigenvalue weighted by Crippen LogP contribution is -2.15. The van der Waals surface area contributed by atoms with Crippen molar-refractivity contribution in [1.29, 1.82) is 0 Å². The van der Waals surface area contributed by atoms with E-state index in [1.807, 2.05) is 62.4 Å². The molecule has 1 N–H and O–H groups in total. The molecule has 1 amide bonds. The number of amides is 1. The average molecular weight is 437 g/mol. The number of aryl methyl sites for hydroxylation is 2. The Labute approximate surface area is 184 Å². The summed E-state index contributed by atoms with van der Waals surface area (Å²) in [5.41, 5.74) is 4.01. The Morgan fingerprint density at radius 2 is 1.73 bits per heavy atom. The Bertz CT molecular complexity index is 1170. The highest BCUT2D eigenvalue weighted by molar-refractivity contribution is 6.34. The van der Waals surface area contributed by atoms with Crippen LogP contribution in [0.1, 0.15) is 21.7 Å². The van der Waals surface area contributed by atoms with Gasteiger partial charge < -0.3 is 5.32 Å². The third-order valence-corrected chi connectivity index (χ3v) is 5.15. The number of aromatic nitrogens is 3. The van der Waals surface area contributed by atoms with E-state index < -0.39 is 5.91 Å². The van der Waals surface area contributed by atoms with E-state index >= 15 is 0 Å². The predicted molar refractivity (Wildman–Crippen MR) is 121 cm³/mol. The Morgan fingerprint density at radius 3 is 2.47 bits per heavy atom. The number of carbonyl (C=O) groups excluding carboxylic acids is 1. The van der Waals surface area contributed by atoms with Crippen LogP contribution in [0.4, 0.5) is 5.69 Å². The highest BCUT2D eigenvalue weighted by atomic mass is 35.5. The van der Waals surface area contributed by atoms with Gasteiger partial charge in [-0.05, 0) is 55.3 Å². The molecule has 4 aromatic rings. The van der Waals surface area contributed by atoms with Crippen molar-refractivity contribution in [2.75, 3.05) is 5.32 Å². The van der Waals surface area contributed by atoms with E-state index in [4.69, 9.17) is 23.2 Å². The molecule has 0 saturated carbocycles. The van der Waals surface area contributed by atoms with Gasteiger partial charge in [0.05, 0.1) is 16.4 Å². The lowest BCUT2D eigenvalue weighted by atomic mass is 10.2. The quantitative estimate of drug-likeness (QED) is 0.419. The molecule has 5 nitrogen and oxygen atoms in total. The van der Waals surface area contributed by atoms with Crippen molar-refractivity contribution in [3.63, 3.8) is 0 Å². The molecule has 0 bridgehead atoms. The summed E-state index contributed by atoms with van der Waals surface area (Å²) in [6.45, 7) is 3.87. The molecule has 4 rings (SSSR count). The fraction of sp³-hybridized carbons (Fsp3) is 0.0870. The van der Waals surface area contributed by atoms with Gasteiger partial charge in [-0.15, -0.1) is 5.10 Å². The average Bonchev–Trinajstić information content (AvgIpc) is 3.16. The van der Waals surface area contributed by atoms with Crippen molar-refractivity contribution in [2.24, 2.45) is 0 Å². The number of para-hydroxylation sites is 1. The SMILES string of the molecule is Cc1cccc(-n2nc(C(=O)Nc3c(C)cccc3Cl)nc2-c2cccc(Cl)c2)c1. The van der Waals surface area contributed by atoms with Gasteiger partial charge in [0.25, 0.3) is 5.91 Å². The van der Waals surface area contributed by atoms with Crippen molar-refractivity contribution < 1.29 is 4.79 Å². The fourth-order valence-corrected chi connectivity index (χ4v) is 3.58. The second kappa shape index (κ2) is 8.30. The topological polar surface area (TPSA) is 59.8 Å². The van der Waals surface area contributed by atoms with Crippen molar-refractivity contribution in [1.82, 2.24) is 14.8 Å². The number of rotatable bonds is 4. The van der Waals surface area contributed by atoms with E-state index in [0.717, 1.165) is 22.4 Å². The van der Waals surface area contributed by atoms with E-state index in [1.54, 1.807) is 22.9 Å². The van der Waals surface area contributed by atoms with Crippen LogP contribution in [0.2, 0.25) is 10.0 Å². The lowest BCUT2D eigenvalue weighted by Gasteiger charge is -2.08. The maximum Gasteiger partial charge on any atom is 0.295 e. The van der Waals surface area contributed by atoms with Crippen LogP contribution in [-0.4, -0.2) is 20.7 Å². The van der Waals surface area contributed by atoms with Gasteiger partial charge in [0.2, 0.25) is 5.82 Å². The summed E-state index contributed by atoms with van der Waals surface area (Å²) in [7, 11) is 0. The van der Waals surface area contributed by atoms with Crippen LogP contribution in [0, 0.1) is 13.8 Å². The molecular weight excluding hydrogens is 419 g/mol. The molecule has 30 heavy (non-hydrogen) atoms. The van der Waals surface area contributed by atoms with Crippen molar-refractivity contribution in [3.8, 4) is 17.1 Å². The second-order valence-corrected chi connectivity index (χ2v) is 7.75. The number of hydrogen-bond donors (Lipinski definition) is 1. The summed E-state index contributed by atoms with van der Waals surface area (Å²) in [4.78, 5) is 17.5. The van der Waals surface area contributed by atoms with Gasteiger partial charge in [0, 0.05) is 10.6 Å². The molecule has 7 heteroatoms. The van der Waals surface area contributed by atoms with Gasteiger partial charge in [-0.2, -0.15) is 0 Å². The summed E-state index contributed by atoms with van der Waals surface area (Å²) in [5, 5.41) is 8.34. The molecular formula is C23H18Cl2N4O. The highest BCUT2D eigenvalue weighted by Crippen LogP contribution is 2.27. The van der Waals surface area contributed by atoms with E-state index in [0.29, 0.717) is 21.6 Å².